The van der Waals surface area contributed by atoms with E-state index >= 15 is 0 Å². The van der Waals surface area contributed by atoms with E-state index in [1.165, 1.54) is 19.2 Å². The van der Waals surface area contributed by atoms with Gasteiger partial charge in [0.25, 0.3) is 5.91 Å². The second-order valence-electron chi connectivity index (χ2n) is 5.31. The van der Waals surface area contributed by atoms with E-state index in [-0.39, 0.29) is 17.9 Å². The van der Waals surface area contributed by atoms with Crippen molar-refractivity contribution in [3.63, 3.8) is 0 Å². The molecule has 0 saturated heterocycles. The van der Waals surface area contributed by atoms with Gasteiger partial charge in [0.05, 0.1) is 18.7 Å². The third-order valence-corrected chi connectivity index (χ3v) is 3.71. The number of halogens is 2. The lowest BCUT2D eigenvalue weighted by atomic mass is 10.0. The third kappa shape index (κ3) is 3.37. The summed E-state index contributed by atoms with van der Waals surface area (Å²) >= 11 is 0. The fraction of sp³-hybridized carbons (Fsp3) is 0.176. The van der Waals surface area contributed by atoms with E-state index in [9.17, 15) is 18.4 Å². The van der Waals surface area contributed by atoms with E-state index in [2.05, 4.69) is 15.4 Å². The fourth-order valence-corrected chi connectivity index (χ4v) is 2.52. The van der Waals surface area contributed by atoms with Gasteiger partial charge in [0.2, 0.25) is 0 Å². The van der Waals surface area contributed by atoms with E-state index in [4.69, 9.17) is 4.74 Å². The van der Waals surface area contributed by atoms with Gasteiger partial charge >= 0.3 is 6.09 Å². The molecule has 1 heterocycles. The summed E-state index contributed by atoms with van der Waals surface area (Å²) in [6, 6.07) is 7.51. The van der Waals surface area contributed by atoms with Gasteiger partial charge in [-0.25, -0.2) is 13.6 Å². The normalized spacial score (nSPS) is 15.1. The summed E-state index contributed by atoms with van der Waals surface area (Å²) in [6.07, 6.45) is -0.613. The van der Waals surface area contributed by atoms with Crippen LogP contribution in [0.5, 0.6) is 5.75 Å². The number of methoxy groups -OCH3 is 1. The Morgan fingerprint density at radius 2 is 2.00 bits per heavy atom. The smallest absolute Gasteiger partial charge is 0.407 e. The Morgan fingerprint density at radius 3 is 2.72 bits per heavy atom. The van der Waals surface area contributed by atoms with Crippen LogP contribution in [0.2, 0.25) is 0 Å². The number of nitrogens with one attached hydrogen (secondary N) is 2. The van der Waals surface area contributed by atoms with Crippen molar-refractivity contribution in [1.82, 2.24) is 5.32 Å². The first kappa shape index (κ1) is 16.7. The topological polar surface area (TPSA) is 76.7 Å². The van der Waals surface area contributed by atoms with E-state index in [0.29, 0.717) is 11.3 Å². The molecule has 1 aliphatic heterocycles. The van der Waals surface area contributed by atoms with Crippen molar-refractivity contribution in [2.45, 2.75) is 6.04 Å². The second-order valence-corrected chi connectivity index (χ2v) is 5.31. The lowest BCUT2D eigenvalue weighted by Crippen LogP contribution is -2.29. The first-order valence-electron chi connectivity index (χ1n) is 7.36. The number of benzene rings is 2. The highest BCUT2D eigenvalue weighted by atomic mass is 19.2. The lowest BCUT2D eigenvalue weighted by molar-refractivity contribution is 0.102. The Morgan fingerprint density at radius 1 is 1.20 bits per heavy atom. The molecule has 0 radical (unpaired) electrons. The van der Waals surface area contributed by atoms with Crippen molar-refractivity contribution in [3.05, 3.63) is 59.2 Å². The second kappa shape index (κ2) is 6.76. The maximum atomic E-state index is 13.3. The van der Waals surface area contributed by atoms with Crippen molar-refractivity contribution in [1.29, 1.82) is 0 Å². The summed E-state index contributed by atoms with van der Waals surface area (Å²) in [5.41, 5.74) is 0.962. The number of para-hydroxylation sites is 1. The first-order chi connectivity index (χ1) is 12.0. The standard InChI is InChI=1S/C17H14F2N2O4/c1-24-17(23)21-14-8-25-15-10(14)3-2-4-11(15)16(22)20-9-5-6-12(18)13(19)7-9/h2-7,14H,8H2,1H3,(H,20,22)(H,21,23). The lowest BCUT2D eigenvalue weighted by Gasteiger charge is -2.11. The number of ether oxygens (including phenoxy) is 2. The van der Waals surface area contributed by atoms with E-state index < -0.39 is 29.7 Å². The summed E-state index contributed by atoms with van der Waals surface area (Å²) in [4.78, 5) is 23.8. The molecule has 2 aromatic rings. The van der Waals surface area contributed by atoms with Gasteiger partial charge in [-0.2, -0.15) is 0 Å². The number of carbonyl (C=O) groups is 2. The van der Waals surface area contributed by atoms with Crippen LogP contribution in [-0.2, 0) is 4.74 Å². The summed E-state index contributed by atoms with van der Waals surface area (Å²) in [7, 11) is 1.25. The zero-order valence-electron chi connectivity index (χ0n) is 13.1. The highest BCUT2D eigenvalue weighted by molar-refractivity contribution is 6.06. The average molecular weight is 348 g/mol. The maximum Gasteiger partial charge on any atom is 0.407 e. The van der Waals surface area contributed by atoms with Crippen LogP contribution in [-0.4, -0.2) is 25.7 Å². The number of rotatable bonds is 3. The van der Waals surface area contributed by atoms with Crippen LogP contribution in [0, 0.1) is 11.6 Å². The molecule has 1 atom stereocenters. The quantitative estimate of drug-likeness (QED) is 0.894. The molecule has 0 bridgehead atoms. The predicted octanol–water partition coefficient (Wildman–Crippen LogP) is 3.01. The Labute approximate surface area is 141 Å². The Hall–Kier alpha value is -3.16. The van der Waals surface area contributed by atoms with Gasteiger partial charge in [-0.1, -0.05) is 12.1 Å². The van der Waals surface area contributed by atoms with Gasteiger partial charge < -0.3 is 20.1 Å². The van der Waals surface area contributed by atoms with Crippen molar-refractivity contribution in [3.8, 4) is 5.75 Å². The number of carbonyl (C=O) groups excluding carboxylic acids is 2. The van der Waals surface area contributed by atoms with Crippen LogP contribution in [0.15, 0.2) is 36.4 Å². The zero-order valence-corrected chi connectivity index (χ0v) is 13.1. The highest BCUT2D eigenvalue weighted by Crippen LogP contribution is 2.35. The van der Waals surface area contributed by atoms with Crippen LogP contribution < -0.4 is 15.4 Å². The Balaban J connectivity index is 1.82. The molecule has 2 N–H and O–H groups in total. The van der Waals surface area contributed by atoms with Gasteiger partial charge in [0, 0.05) is 17.3 Å². The number of anilines is 1. The van der Waals surface area contributed by atoms with Crippen molar-refractivity contribution >= 4 is 17.7 Å². The average Bonchev–Trinajstić information content (AvgIpc) is 3.01. The van der Waals surface area contributed by atoms with Crippen LogP contribution in [0.4, 0.5) is 19.3 Å². The van der Waals surface area contributed by atoms with E-state index in [0.717, 1.165) is 12.1 Å². The van der Waals surface area contributed by atoms with Crippen LogP contribution >= 0.6 is 0 Å². The minimum absolute atomic E-state index is 0.115. The molecule has 130 valence electrons. The highest BCUT2D eigenvalue weighted by Gasteiger charge is 2.29. The molecule has 0 spiro atoms. The van der Waals surface area contributed by atoms with Crippen LogP contribution in [0.1, 0.15) is 22.0 Å². The summed E-state index contributed by atoms with van der Waals surface area (Å²) in [5.74, 6) is -2.28. The minimum atomic E-state index is -1.06. The van der Waals surface area contributed by atoms with Gasteiger partial charge in [-0.15, -0.1) is 0 Å². The molecule has 0 aliphatic carbocycles. The molecule has 0 saturated carbocycles. The molecule has 1 aliphatic rings. The molecule has 1 unspecified atom stereocenters. The van der Waals surface area contributed by atoms with Gasteiger partial charge in [-0.05, 0) is 18.2 Å². The Bertz CT molecular complexity index is 841. The largest absolute Gasteiger partial charge is 0.490 e. The summed E-state index contributed by atoms with van der Waals surface area (Å²) in [6.45, 7) is 0.153. The molecule has 2 amide bonds. The zero-order chi connectivity index (χ0) is 18.0. The van der Waals surface area contributed by atoms with Crippen LogP contribution in [0.3, 0.4) is 0 Å². The molecule has 25 heavy (non-hydrogen) atoms. The number of alkyl carbamates (subject to hydrolysis) is 1. The molecule has 0 aromatic heterocycles. The molecule has 6 nitrogen and oxygen atoms in total. The summed E-state index contributed by atoms with van der Waals surface area (Å²) in [5, 5.41) is 5.09. The van der Waals surface area contributed by atoms with Gasteiger partial charge in [-0.3, -0.25) is 4.79 Å². The van der Waals surface area contributed by atoms with Gasteiger partial charge in [0.1, 0.15) is 12.4 Å². The minimum Gasteiger partial charge on any atom is -0.490 e. The fourth-order valence-electron chi connectivity index (χ4n) is 2.52. The number of amides is 2. The number of hydrogen-bond acceptors (Lipinski definition) is 4. The molecular formula is C17H14F2N2O4. The maximum absolute atomic E-state index is 13.3. The summed E-state index contributed by atoms with van der Waals surface area (Å²) < 4.78 is 36.3. The third-order valence-electron chi connectivity index (χ3n) is 3.71. The van der Waals surface area contributed by atoms with E-state index in [1.807, 2.05) is 0 Å². The van der Waals surface area contributed by atoms with Crippen molar-refractivity contribution in [2.24, 2.45) is 0 Å². The van der Waals surface area contributed by atoms with Crippen molar-refractivity contribution < 1.29 is 27.8 Å². The predicted molar refractivity (Wildman–Crippen MR) is 84.5 cm³/mol. The number of fused-ring (bicyclic) bond motifs is 1. The molecule has 3 rings (SSSR count). The molecule has 8 heteroatoms. The Kier molecular flexibility index (Phi) is 4.51. The monoisotopic (exact) mass is 348 g/mol. The molecular weight excluding hydrogens is 334 g/mol. The first-order valence-corrected chi connectivity index (χ1v) is 7.36. The molecule has 0 fully saturated rings. The van der Waals surface area contributed by atoms with Crippen molar-refractivity contribution in [2.75, 3.05) is 19.0 Å². The van der Waals surface area contributed by atoms with Gasteiger partial charge in [0.15, 0.2) is 11.6 Å². The SMILES string of the molecule is COC(=O)NC1COc2c(C(=O)Nc3ccc(F)c(F)c3)cccc21. The number of hydrogen-bond donors (Lipinski definition) is 2. The van der Waals surface area contributed by atoms with Crippen LogP contribution in [0.25, 0.3) is 0 Å². The van der Waals surface area contributed by atoms with E-state index in [1.54, 1.807) is 12.1 Å². The molecule has 2 aromatic carbocycles.